The lowest BCUT2D eigenvalue weighted by atomic mass is 9.87. The van der Waals surface area contributed by atoms with Crippen LogP contribution in [0.15, 0.2) is 42.5 Å². The van der Waals surface area contributed by atoms with E-state index in [0.717, 1.165) is 4.90 Å². The molecule has 6 nitrogen and oxygen atoms in total. The molecule has 7 heteroatoms. The van der Waals surface area contributed by atoms with E-state index in [9.17, 15) is 24.9 Å². The second kappa shape index (κ2) is 5.51. The molecule has 2 atom stereocenters. The lowest BCUT2D eigenvalue weighted by Gasteiger charge is -2.26. The molecule has 0 aromatic heterocycles. The number of carboxylic acids is 1. The van der Waals surface area contributed by atoms with Crippen LogP contribution >= 0.6 is 11.6 Å². The smallest absolute Gasteiger partial charge is 0.326 e. The van der Waals surface area contributed by atoms with Crippen LogP contribution in [0.2, 0.25) is 5.02 Å². The minimum atomic E-state index is -2.19. The van der Waals surface area contributed by atoms with E-state index in [1.807, 2.05) is 0 Å². The number of phenols is 1. The normalized spacial score (nSPS) is 20.8. The van der Waals surface area contributed by atoms with E-state index >= 15 is 0 Å². The van der Waals surface area contributed by atoms with Crippen molar-refractivity contribution in [2.75, 3.05) is 4.90 Å². The topological polar surface area (TPSA) is 98.1 Å². The van der Waals surface area contributed by atoms with Gasteiger partial charge in [-0.25, -0.2) is 4.79 Å². The molecule has 0 fully saturated rings. The molecule has 1 amide bonds. The third-order valence-electron chi connectivity index (χ3n) is 4.18. The van der Waals surface area contributed by atoms with Crippen LogP contribution in [0, 0.1) is 0 Å². The largest absolute Gasteiger partial charge is 0.507 e. The van der Waals surface area contributed by atoms with Crippen molar-refractivity contribution in [1.29, 1.82) is 0 Å². The van der Waals surface area contributed by atoms with Crippen molar-refractivity contribution in [1.82, 2.24) is 0 Å². The number of fused-ring (bicyclic) bond motifs is 1. The number of nitrogens with zero attached hydrogens (tertiary/aromatic N) is 1. The van der Waals surface area contributed by atoms with Crippen molar-refractivity contribution in [3.05, 3.63) is 58.6 Å². The maximum Gasteiger partial charge on any atom is 0.326 e. The van der Waals surface area contributed by atoms with E-state index in [2.05, 4.69) is 0 Å². The minimum absolute atomic E-state index is 0.0514. The number of rotatable bonds is 3. The van der Waals surface area contributed by atoms with E-state index in [-0.39, 0.29) is 27.6 Å². The van der Waals surface area contributed by atoms with Crippen LogP contribution in [0.1, 0.15) is 18.1 Å². The molecule has 2 unspecified atom stereocenters. The molecule has 0 saturated heterocycles. The first-order valence-corrected chi connectivity index (χ1v) is 7.53. The SMILES string of the molecule is CC(C(=O)O)N1C(=O)C(O)(c2ccc(Cl)cc2O)c2ccccc21. The number of para-hydroxylation sites is 1. The van der Waals surface area contributed by atoms with Crippen LogP contribution < -0.4 is 4.90 Å². The Kier molecular flexibility index (Phi) is 3.74. The molecule has 1 aliphatic heterocycles. The number of amides is 1. The van der Waals surface area contributed by atoms with Gasteiger partial charge >= 0.3 is 5.97 Å². The highest BCUT2D eigenvalue weighted by molar-refractivity contribution is 6.30. The van der Waals surface area contributed by atoms with Gasteiger partial charge in [0, 0.05) is 16.1 Å². The Balaban J connectivity index is 2.26. The molecule has 3 N–H and O–H groups in total. The average molecular weight is 348 g/mol. The Morgan fingerprint density at radius 3 is 2.50 bits per heavy atom. The summed E-state index contributed by atoms with van der Waals surface area (Å²) in [6.07, 6.45) is 0. The zero-order valence-electron chi connectivity index (χ0n) is 12.6. The zero-order valence-corrected chi connectivity index (χ0v) is 13.4. The maximum atomic E-state index is 12.9. The number of benzene rings is 2. The molecule has 3 rings (SSSR count). The molecule has 24 heavy (non-hydrogen) atoms. The van der Waals surface area contributed by atoms with Gasteiger partial charge in [0.15, 0.2) is 5.60 Å². The number of aliphatic hydroxyl groups is 1. The predicted molar refractivity (Wildman–Crippen MR) is 87.1 cm³/mol. The Bertz CT molecular complexity index is 853. The second-order valence-corrected chi connectivity index (χ2v) is 6.01. The summed E-state index contributed by atoms with van der Waals surface area (Å²) in [5.41, 5.74) is -1.74. The number of carbonyl (C=O) groups excluding carboxylic acids is 1. The van der Waals surface area contributed by atoms with Gasteiger partial charge < -0.3 is 15.3 Å². The van der Waals surface area contributed by atoms with Gasteiger partial charge in [0.25, 0.3) is 5.91 Å². The molecule has 0 aliphatic carbocycles. The molecule has 1 aliphatic rings. The van der Waals surface area contributed by atoms with Gasteiger partial charge in [0.05, 0.1) is 5.69 Å². The monoisotopic (exact) mass is 347 g/mol. The molecule has 0 radical (unpaired) electrons. The molecule has 0 bridgehead atoms. The van der Waals surface area contributed by atoms with E-state index in [1.54, 1.807) is 18.2 Å². The van der Waals surface area contributed by atoms with Gasteiger partial charge in [-0.05, 0) is 25.1 Å². The summed E-state index contributed by atoms with van der Waals surface area (Å²) in [4.78, 5) is 25.3. The molecular weight excluding hydrogens is 334 g/mol. The lowest BCUT2D eigenvalue weighted by molar-refractivity contribution is -0.141. The van der Waals surface area contributed by atoms with E-state index in [0.29, 0.717) is 0 Å². The minimum Gasteiger partial charge on any atom is -0.507 e. The van der Waals surface area contributed by atoms with Crippen molar-refractivity contribution in [2.24, 2.45) is 0 Å². The summed E-state index contributed by atoms with van der Waals surface area (Å²) < 4.78 is 0. The second-order valence-electron chi connectivity index (χ2n) is 5.58. The highest BCUT2D eigenvalue weighted by Crippen LogP contribution is 2.47. The number of hydrogen-bond acceptors (Lipinski definition) is 4. The van der Waals surface area contributed by atoms with Crippen molar-refractivity contribution in [2.45, 2.75) is 18.6 Å². The summed E-state index contributed by atoms with van der Waals surface area (Å²) in [5.74, 6) is -2.39. The first kappa shape index (κ1) is 16.3. The van der Waals surface area contributed by atoms with Crippen molar-refractivity contribution >= 4 is 29.2 Å². The summed E-state index contributed by atoms with van der Waals surface area (Å²) >= 11 is 5.81. The number of anilines is 1. The Morgan fingerprint density at radius 2 is 1.88 bits per heavy atom. The predicted octanol–water partition coefficient (Wildman–Crippen LogP) is 2.10. The molecule has 0 spiro atoms. The number of phenolic OH excluding ortho intramolecular Hbond substituents is 1. The fourth-order valence-electron chi connectivity index (χ4n) is 2.95. The highest BCUT2D eigenvalue weighted by Gasteiger charge is 2.54. The van der Waals surface area contributed by atoms with Gasteiger partial charge in [0.1, 0.15) is 11.8 Å². The molecule has 0 saturated carbocycles. The number of carboxylic acid groups (broad SMARTS) is 1. The summed E-state index contributed by atoms with van der Waals surface area (Å²) in [6, 6.07) is 9.17. The standard InChI is InChI=1S/C17H14ClNO5/c1-9(15(21)22)19-13-5-3-2-4-11(13)17(24,16(19)23)12-7-6-10(18)8-14(12)20/h2-9,20,24H,1H3,(H,21,22). The van der Waals surface area contributed by atoms with Crippen molar-refractivity contribution in [3.8, 4) is 5.75 Å². The summed E-state index contributed by atoms with van der Waals surface area (Å²) in [6.45, 7) is 1.35. The zero-order chi connectivity index (χ0) is 17.6. The Morgan fingerprint density at radius 1 is 1.21 bits per heavy atom. The number of hydrogen-bond donors (Lipinski definition) is 3. The molecule has 2 aromatic carbocycles. The Labute approximate surface area is 142 Å². The van der Waals surface area contributed by atoms with Gasteiger partial charge in [-0.3, -0.25) is 9.69 Å². The molecule has 1 heterocycles. The third kappa shape index (κ3) is 2.15. The van der Waals surface area contributed by atoms with Gasteiger partial charge in [-0.1, -0.05) is 35.9 Å². The average Bonchev–Trinajstić information content (AvgIpc) is 2.76. The van der Waals surface area contributed by atoms with Gasteiger partial charge in [-0.15, -0.1) is 0 Å². The number of halogens is 1. The molecular formula is C17H14ClNO5. The van der Waals surface area contributed by atoms with Crippen molar-refractivity contribution < 1.29 is 24.9 Å². The van der Waals surface area contributed by atoms with Crippen LogP contribution in [0.4, 0.5) is 5.69 Å². The number of aromatic hydroxyl groups is 1. The summed E-state index contributed by atoms with van der Waals surface area (Å²) in [7, 11) is 0. The van der Waals surface area contributed by atoms with Crippen molar-refractivity contribution in [3.63, 3.8) is 0 Å². The fraction of sp³-hybridized carbons (Fsp3) is 0.176. The third-order valence-corrected chi connectivity index (χ3v) is 4.41. The van der Waals surface area contributed by atoms with E-state index in [1.165, 1.54) is 31.2 Å². The maximum absolute atomic E-state index is 12.9. The van der Waals surface area contributed by atoms with E-state index in [4.69, 9.17) is 11.6 Å². The number of carbonyl (C=O) groups is 2. The van der Waals surface area contributed by atoms with E-state index < -0.39 is 23.5 Å². The van der Waals surface area contributed by atoms with Gasteiger partial charge in [-0.2, -0.15) is 0 Å². The quantitative estimate of drug-likeness (QED) is 0.790. The van der Waals surface area contributed by atoms with Crippen LogP contribution in [0.5, 0.6) is 5.75 Å². The first-order valence-electron chi connectivity index (χ1n) is 7.15. The Hall–Kier alpha value is -2.57. The number of aliphatic carboxylic acids is 1. The van der Waals surface area contributed by atoms with Crippen LogP contribution in [0.3, 0.4) is 0 Å². The van der Waals surface area contributed by atoms with Crippen LogP contribution in [0.25, 0.3) is 0 Å². The summed E-state index contributed by atoms with van der Waals surface area (Å²) in [5, 5.41) is 30.9. The van der Waals surface area contributed by atoms with Gasteiger partial charge in [0.2, 0.25) is 0 Å². The van der Waals surface area contributed by atoms with Crippen LogP contribution in [-0.2, 0) is 15.2 Å². The molecule has 2 aromatic rings. The first-order chi connectivity index (χ1) is 11.3. The molecule has 124 valence electrons. The fourth-order valence-corrected chi connectivity index (χ4v) is 3.12. The van der Waals surface area contributed by atoms with Crippen LogP contribution in [-0.4, -0.2) is 33.2 Å². The lowest BCUT2D eigenvalue weighted by Crippen LogP contribution is -2.47. The highest BCUT2D eigenvalue weighted by atomic mass is 35.5.